The van der Waals surface area contributed by atoms with Crippen molar-refractivity contribution in [3.63, 3.8) is 0 Å². The van der Waals surface area contributed by atoms with Crippen LogP contribution in [0.2, 0.25) is 0 Å². The lowest BCUT2D eigenvalue weighted by atomic mass is 10.1. The van der Waals surface area contributed by atoms with Crippen molar-refractivity contribution in [3.8, 4) is 17.2 Å². The van der Waals surface area contributed by atoms with Gasteiger partial charge in [0.25, 0.3) is 0 Å². The summed E-state index contributed by atoms with van der Waals surface area (Å²) in [7, 11) is 0. The molecule has 0 radical (unpaired) electrons. The van der Waals surface area contributed by atoms with Crippen molar-refractivity contribution < 1.29 is 32.9 Å². The largest absolute Gasteiger partial charge is 0.506 e. The van der Waals surface area contributed by atoms with Crippen LogP contribution < -0.4 is 4.74 Å². The lowest BCUT2D eigenvalue weighted by Crippen LogP contribution is -2.14. The summed E-state index contributed by atoms with van der Waals surface area (Å²) < 4.78 is 43.6. The van der Waals surface area contributed by atoms with Gasteiger partial charge in [-0.15, -0.1) is 0 Å². The van der Waals surface area contributed by atoms with Crippen molar-refractivity contribution in [2.24, 2.45) is 0 Å². The molecule has 5 nitrogen and oxygen atoms in total. The maximum atomic E-state index is 12.3. The first-order valence-electron chi connectivity index (χ1n) is 6.32. The Kier molecular flexibility index (Phi) is 5.07. The average molecular weight is 441 g/mol. The number of ether oxygens (including phenoxy) is 1. The van der Waals surface area contributed by atoms with Gasteiger partial charge < -0.3 is 19.5 Å². The van der Waals surface area contributed by atoms with Gasteiger partial charge in [0.1, 0.15) is 22.7 Å². The number of nitrogens with zero attached hydrogens (tertiary/aromatic N) is 1. The summed E-state index contributed by atoms with van der Waals surface area (Å²) in [6.45, 7) is -0.655. The van der Waals surface area contributed by atoms with Crippen LogP contribution >= 0.6 is 22.6 Å². The molecule has 23 heavy (non-hydrogen) atoms. The Bertz CT molecular complexity index is 714. The molecule has 0 atom stereocenters. The summed E-state index contributed by atoms with van der Waals surface area (Å²) in [6, 6.07) is 4.38. The van der Waals surface area contributed by atoms with Crippen LogP contribution in [0.15, 0.2) is 30.6 Å². The van der Waals surface area contributed by atoms with E-state index in [-0.39, 0.29) is 15.0 Å². The highest BCUT2D eigenvalue weighted by Crippen LogP contribution is 2.38. The fraction of sp³-hybridized carbons (Fsp3) is 0.214. The Morgan fingerprint density at radius 3 is 2.43 bits per heavy atom. The number of alkyl halides is 3. The maximum Gasteiger partial charge on any atom is 0.392 e. The quantitative estimate of drug-likeness (QED) is 0.693. The Morgan fingerprint density at radius 2 is 1.91 bits per heavy atom. The van der Waals surface area contributed by atoms with Gasteiger partial charge in [0.2, 0.25) is 0 Å². The van der Waals surface area contributed by atoms with Gasteiger partial charge in [-0.05, 0) is 34.7 Å². The maximum absolute atomic E-state index is 12.3. The molecule has 1 heterocycles. The molecule has 0 bridgehead atoms. The molecular formula is C14H11F3INO4. The number of phenols is 1. The molecule has 0 aliphatic heterocycles. The predicted molar refractivity (Wildman–Crippen MR) is 83.3 cm³/mol. The molecule has 0 aliphatic rings. The molecule has 0 saturated carbocycles. The number of carboxylic acids is 1. The van der Waals surface area contributed by atoms with Gasteiger partial charge in [0.05, 0.1) is 16.6 Å². The highest BCUT2D eigenvalue weighted by molar-refractivity contribution is 14.1. The third-order valence-electron chi connectivity index (χ3n) is 2.92. The number of carbonyl (C=O) groups is 1. The second-order valence-corrected chi connectivity index (χ2v) is 5.62. The SMILES string of the molecule is O=C(O)c1cc(OCCC(F)(F)F)c(-n2cccc2)c(I)c1O. The fourth-order valence-corrected chi connectivity index (χ4v) is 2.72. The second kappa shape index (κ2) is 6.69. The summed E-state index contributed by atoms with van der Waals surface area (Å²) in [4.78, 5) is 11.2. The summed E-state index contributed by atoms with van der Waals surface area (Å²) >= 11 is 1.72. The molecule has 124 valence electrons. The summed E-state index contributed by atoms with van der Waals surface area (Å²) in [5.74, 6) is -1.92. The fourth-order valence-electron chi connectivity index (χ4n) is 1.88. The van der Waals surface area contributed by atoms with Gasteiger partial charge in [-0.2, -0.15) is 13.2 Å². The number of halogens is 4. The molecule has 0 unspecified atom stereocenters. The number of hydrogen-bond acceptors (Lipinski definition) is 3. The molecule has 0 spiro atoms. The Labute approximate surface area is 142 Å². The van der Waals surface area contributed by atoms with Crippen molar-refractivity contribution in [1.82, 2.24) is 4.57 Å². The summed E-state index contributed by atoms with van der Waals surface area (Å²) in [5.41, 5.74) is -0.160. The third-order valence-corrected chi connectivity index (χ3v) is 3.94. The predicted octanol–water partition coefficient (Wildman–Crippen LogP) is 3.82. The number of aromatic carboxylic acids is 1. The molecule has 0 saturated heterocycles. The van der Waals surface area contributed by atoms with Crippen LogP contribution in [0.3, 0.4) is 0 Å². The average Bonchev–Trinajstić information content (AvgIpc) is 2.94. The zero-order valence-corrected chi connectivity index (χ0v) is 13.6. The van der Waals surface area contributed by atoms with Crippen molar-refractivity contribution in [1.29, 1.82) is 0 Å². The molecule has 0 amide bonds. The van der Waals surface area contributed by atoms with Gasteiger partial charge in [-0.25, -0.2) is 4.79 Å². The van der Waals surface area contributed by atoms with E-state index in [2.05, 4.69) is 0 Å². The topological polar surface area (TPSA) is 71.7 Å². The third kappa shape index (κ3) is 4.09. The molecule has 0 fully saturated rings. The van der Waals surface area contributed by atoms with Crippen molar-refractivity contribution >= 4 is 28.6 Å². The zero-order chi connectivity index (χ0) is 17.2. The lowest BCUT2D eigenvalue weighted by Gasteiger charge is -2.17. The summed E-state index contributed by atoms with van der Waals surface area (Å²) in [5, 5.41) is 19.1. The number of hydrogen-bond donors (Lipinski definition) is 2. The lowest BCUT2D eigenvalue weighted by molar-refractivity contribution is -0.139. The van der Waals surface area contributed by atoms with Crippen molar-refractivity contribution in [2.45, 2.75) is 12.6 Å². The van der Waals surface area contributed by atoms with Crippen LogP contribution in [0.25, 0.3) is 5.69 Å². The monoisotopic (exact) mass is 441 g/mol. The van der Waals surface area contributed by atoms with Gasteiger partial charge in [0, 0.05) is 18.5 Å². The van der Waals surface area contributed by atoms with E-state index in [9.17, 15) is 23.1 Å². The van der Waals surface area contributed by atoms with Crippen LogP contribution in [0.4, 0.5) is 13.2 Å². The van der Waals surface area contributed by atoms with Crippen molar-refractivity contribution in [2.75, 3.05) is 6.61 Å². The highest BCUT2D eigenvalue weighted by Gasteiger charge is 2.28. The van der Waals surface area contributed by atoms with E-state index >= 15 is 0 Å². The minimum atomic E-state index is -4.38. The van der Waals surface area contributed by atoms with E-state index in [1.807, 2.05) is 0 Å². The molecule has 1 aromatic heterocycles. The minimum Gasteiger partial charge on any atom is -0.506 e. The normalized spacial score (nSPS) is 11.5. The Balaban J connectivity index is 2.46. The number of aromatic nitrogens is 1. The van der Waals surface area contributed by atoms with Crippen LogP contribution in [0.5, 0.6) is 11.5 Å². The zero-order valence-electron chi connectivity index (χ0n) is 11.5. The molecule has 2 aromatic rings. The van der Waals surface area contributed by atoms with Gasteiger partial charge in [0.15, 0.2) is 0 Å². The van der Waals surface area contributed by atoms with E-state index < -0.39 is 36.5 Å². The molecule has 2 rings (SSSR count). The molecule has 2 N–H and O–H groups in total. The summed E-state index contributed by atoms with van der Waals surface area (Å²) in [6.07, 6.45) is -2.34. The van der Waals surface area contributed by atoms with Gasteiger partial charge in [-0.3, -0.25) is 0 Å². The number of carboxylic acid groups (broad SMARTS) is 1. The number of aromatic hydroxyl groups is 1. The van der Waals surface area contributed by atoms with E-state index in [4.69, 9.17) is 9.84 Å². The van der Waals surface area contributed by atoms with Crippen LogP contribution in [-0.2, 0) is 0 Å². The van der Waals surface area contributed by atoms with E-state index in [1.165, 1.54) is 4.57 Å². The first-order valence-corrected chi connectivity index (χ1v) is 7.40. The van der Waals surface area contributed by atoms with Crippen LogP contribution in [-0.4, -0.2) is 33.5 Å². The van der Waals surface area contributed by atoms with E-state index in [0.717, 1.165) is 6.07 Å². The minimum absolute atomic E-state index is 0.0509. The smallest absolute Gasteiger partial charge is 0.392 e. The Morgan fingerprint density at radius 1 is 1.30 bits per heavy atom. The first kappa shape index (κ1) is 17.4. The highest BCUT2D eigenvalue weighted by atomic mass is 127. The molecule has 1 aromatic carbocycles. The number of benzene rings is 1. The van der Waals surface area contributed by atoms with Gasteiger partial charge in [-0.1, -0.05) is 0 Å². The van der Waals surface area contributed by atoms with E-state index in [1.54, 1.807) is 47.1 Å². The number of rotatable bonds is 5. The van der Waals surface area contributed by atoms with Crippen LogP contribution in [0.1, 0.15) is 16.8 Å². The second-order valence-electron chi connectivity index (χ2n) is 4.54. The molecule has 9 heteroatoms. The first-order chi connectivity index (χ1) is 10.7. The standard InChI is InChI=1S/C14H11F3INO4/c15-14(16,17)3-6-23-9-7-8(13(21)22)12(20)10(18)11(9)19-4-1-2-5-19/h1-2,4-5,7,20H,3,6H2,(H,21,22). The van der Waals surface area contributed by atoms with E-state index in [0.29, 0.717) is 0 Å². The molecular weight excluding hydrogens is 430 g/mol. The van der Waals surface area contributed by atoms with Crippen molar-refractivity contribution in [3.05, 3.63) is 39.7 Å². The van der Waals surface area contributed by atoms with Gasteiger partial charge >= 0.3 is 12.1 Å². The Hall–Kier alpha value is -1.91. The van der Waals surface area contributed by atoms with Crippen LogP contribution in [0, 0.1) is 3.57 Å². The molecule has 0 aliphatic carbocycles.